The average Bonchev–Trinajstić information content (AvgIpc) is 3.17. The minimum atomic E-state index is -4.78. The number of ether oxygens (including phenoxy) is 1. The lowest BCUT2D eigenvalue weighted by molar-refractivity contribution is 0.118. The lowest BCUT2D eigenvalue weighted by atomic mass is 9.97. The second kappa shape index (κ2) is 5.53. The monoisotopic (exact) mass is 412 g/mol. The average molecular weight is 412 g/mol. The first-order valence-corrected chi connectivity index (χ1v) is 6.43. The fourth-order valence-corrected chi connectivity index (χ4v) is 2.37. The fourth-order valence-electron chi connectivity index (χ4n) is 2.37. The second-order valence-corrected chi connectivity index (χ2v) is 5.18. The quantitative estimate of drug-likeness (QED) is 0.291. The van der Waals surface area contributed by atoms with Gasteiger partial charge in [0.15, 0.2) is 46.5 Å². The molecule has 146 valence electrons. The van der Waals surface area contributed by atoms with E-state index < -0.39 is 81.0 Å². The maximum atomic E-state index is 14.5. The maximum Gasteiger partial charge on any atom is 0.308 e. The number of alkyl halides is 2. The van der Waals surface area contributed by atoms with Gasteiger partial charge in [-0.2, -0.15) is 8.78 Å². The molecule has 0 radical (unpaired) electrons. The highest BCUT2D eigenvalue weighted by Gasteiger charge is 2.80. The van der Waals surface area contributed by atoms with Crippen molar-refractivity contribution < 1.29 is 57.4 Å². The first-order chi connectivity index (χ1) is 12.3. The van der Waals surface area contributed by atoms with Gasteiger partial charge in [-0.25, -0.2) is 43.9 Å². The Morgan fingerprint density at radius 3 is 0.778 bits per heavy atom. The molecule has 13 heteroatoms. The molecule has 0 N–H and O–H groups in total. The molecular formula is C14F12O. The highest BCUT2D eigenvalue weighted by Crippen LogP contribution is 2.66. The number of halogens is 12. The third kappa shape index (κ3) is 2.20. The Morgan fingerprint density at radius 2 is 0.556 bits per heavy atom. The zero-order valence-corrected chi connectivity index (χ0v) is 11.9. The summed E-state index contributed by atoms with van der Waals surface area (Å²) in [6.45, 7) is 0. The predicted molar refractivity (Wildman–Crippen MR) is 59.1 cm³/mol. The molecule has 1 heterocycles. The number of hydrogen-bond acceptors (Lipinski definition) is 1. The Balaban J connectivity index is 2.29. The van der Waals surface area contributed by atoms with E-state index >= 15 is 0 Å². The van der Waals surface area contributed by atoms with Crippen LogP contribution >= 0.6 is 0 Å². The number of epoxide rings is 1. The van der Waals surface area contributed by atoms with Crippen molar-refractivity contribution >= 4 is 0 Å². The van der Waals surface area contributed by atoms with E-state index in [2.05, 4.69) is 4.74 Å². The van der Waals surface area contributed by atoms with Crippen LogP contribution in [0.15, 0.2) is 0 Å². The van der Waals surface area contributed by atoms with Crippen molar-refractivity contribution in [2.24, 2.45) is 0 Å². The third-order valence-corrected chi connectivity index (χ3v) is 3.72. The van der Waals surface area contributed by atoms with Crippen molar-refractivity contribution in [3.8, 4) is 0 Å². The molecular weight excluding hydrogens is 412 g/mol. The Kier molecular flexibility index (Phi) is 3.96. The molecule has 2 aromatic carbocycles. The van der Waals surface area contributed by atoms with E-state index in [1.807, 2.05) is 0 Å². The van der Waals surface area contributed by atoms with Crippen LogP contribution in [0.1, 0.15) is 11.1 Å². The summed E-state index contributed by atoms with van der Waals surface area (Å²) in [7, 11) is 0. The van der Waals surface area contributed by atoms with Gasteiger partial charge in [-0.1, -0.05) is 0 Å². The molecule has 0 aliphatic carbocycles. The smallest absolute Gasteiger partial charge is 0.290 e. The molecule has 0 aromatic heterocycles. The maximum absolute atomic E-state index is 14.5. The summed E-state index contributed by atoms with van der Waals surface area (Å²) in [5.74, 6) is -38.1. The Bertz CT molecular complexity index is 867. The normalized spacial score (nSPS) is 24.4. The van der Waals surface area contributed by atoms with E-state index in [1.165, 1.54) is 0 Å². The molecule has 1 nitrogen and oxygen atoms in total. The lowest BCUT2D eigenvalue weighted by Gasteiger charge is -2.13. The van der Waals surface area contributed by atoms with E-state index in [-0.39, 0.29) is 0 Å². The van der Waals surface area contributed by atoms with Crippen LogP contribution in [0.3, 0.4) is 0 Å². The zero-order chi connectivity index (χ0) is 20.6. The molecule has 1 aliphatic heterocycles. The molecule has 1 saturated heterocycles. The highest BCUT2D eigenvalue weighted by molar-refractivity contribution is 5.41. The van der Waals surface area contributed by atoms with Gasteiger partial charge in [-0.05, 0) is 0 Å². The molecule has 27 heavy (non-hydrogen) atoms. The fraction of sp³-hybridized carbons (Fsp3) is 0.143. The van der Waals surface area contributed by atoms with Gasteiger partial charge < -0.3 is 0 Å². The predicted octanol–water partition coefficient (Wildman–Crippen LogP) is 5.05. The van der Waals surface area contributed by atoms with Gasteiger partial charge in [0.05, 0.1) is 0 Å². The molecule has 0 spiro atoms. The molecule has 0 amide bonds. The summed E-state index contributed by atoms with van der Waals surface area (Å²) in [6.07, 6.45) is 0. The molecule has 1 aliphatic rings. The largest absolute Gasteiger partial charge is 0.308 e. The first kappa shape index (κ1) is 19.3. The van der Waals surface area contributed by atoms with Gasteiger partial charge in [-0.15, -0.1) is 0 Å². The van der Waals surface area contributed by atoms with E-state index in [9.17, 15) is 52.7 Å². The SMILES string of the molecule is Fc1c(F)c(F)c(C2(F)OC2(F)c2c(F)c(F)c(F)c(F)c2F)c(F)c1F. The third-order valence-electron chi connectivity index (χ3n) is 3.72. The van der Waals surface area contributed by atoms with Crippen molar-refractivity contribution in [2.75, 3.05) is 0 Å². The van der Waals surface area contributed by atoms with Crippen LogP contribution in [0.4, 0.5) is 52.7 Å². The minimum absolute atomic E-state index is 2.65. The van der Waals surface area contributed by atoms with E-state index in [4.69, 9.17) is 0 Å². The molecule has 2 unspecified atom stereocenters. The summed E-state index contributed by atoms with van der Waals surface area (Å²) in [5.41, 5.74) is -5.30. The summed E-state index contributed by atoms with van der Waals surface area (Å²) in [4.78, 5) is 0. The molecule has 1 fully saturated rings. The van der Waals surface area contributed by atoms with Crippen LogP contribution < -0.4 is 0 Å². The number of hydrogen-bond donors (Lipinski definition) is 0. The zero-order valence-electron chi connectivity index (χ0n) is 11.9. The molecule has 0 bridgehead atoms. The molecule has 2 aromatic rings. The Labute approximate surface area is 139 Å². The van der Waals surface area contributed by atoms with Crippen LogP contribution in [0.5, 0.6) is 0 Å². The summed E-state index contributed by atoms with van der Waals surface area (Å²) < 4.78 is 165. The van der Waals surface area contributed by atoms with Gasteiger partial charge >= 0.3 is 11.7 Å². The van der Waals surface area contributed by atoms with Gasteiger partial charge in [-0.3, -0.25) is 4.74 Å². The van der Waals surface area contributed by atoms with E-state index in [1.54, 1.807) is 0 Å². The van der Waals surface area contributed by atoms with Crippen molar-refractivity contribution in [1.29, 1.82) is 0 Å². The molecule has 3 rings (SSSR count). The van der Waals surface area contributed by atoms with Gasteiger partial charge in [0, 0.05) is 0 Å². The Morgan fingerprint density at radius 1 is 0.370 bits per heavy atom. The van der Waals surface area contributed by atoms with Crippen LogP contribution in [-0.4, -0.2) is 0 Å². The number of rotatable bonds is 2. The lowest BCUT2D eigenvalue weighted by Crippen LogP contribution is -2.23. The first-order valence-electron chi connectivity index (χ1n) is 6.43. The van der Waals surface area contributed by atoms with Gasteiger partial charge in [0.1, 0.15) is 11.1 Å². The van der Waals surface area contributed by atoms with E-state index in [0.717, 1.165) is 0 Å². The second-order valence-electron chi connectivity index (χ2n) is 5.18. The highest BCUT2D eigenvalue weighted by atomic mass is 19.2. The minimum Gasteiger partial charge on any atom is -0.290 e. The van der Waals surface area contributed by atoms with Crippen molar-refractivity contribution in [1.82, 2.24) is 0 Å². The summed E-state index contributed by atoms with van der Waals surface area (Å²) in [5, 5.41) is 0. The van der Waals surface area contributed by atoms with Crippen LogP contribution in [0.2, 0.25) is 0 Å². The summed E-state index contributed by atoms with van der Waals surface area (Å²) >= 11 is 0. The van der Waals surface area contributed by atoms with E-state index in [0.29, 0.717) is 0 Å². The van der Waals surface area contributed by atoms with Crippen molar-refractivity contribution in [3.05, 3.63) is 69.3 Å². The van der Waals surface area contributed by atoms with Gasteiger partial charge in [0.2, 0.25) is 11.6 Å². The molecule has 2 atom stereocenters. The summed E-state index contributed by atoms with van der Waals surface area (Å²) in [6, 6.07) is 0. The number of benzene rings is 2. The van der Waals surface area contributed by atoms with Crippen LogP contribution in [0, 0.1) is 58.2 Å². The van der Waals surface area contributed by atoms with Crippen molar-refractivity contribution in [3.63, 3.8) is 0 Å². The van der Waals surface area contributed by atoms with Crippen molar-refractivity contribution in [2.45, 2.75) is 11.7 Å². The Hall–Kier alpha value is -2.44. The standard InChI is InChI=1S/C14F12O/c15-3-1(4(16)8(20)11(23)7(3)19)13(25)14(26,27-13)2-5(17)9(21)12(24)10(22)6(2)18. The van der Waals surface area contributed by atoms with Crippen LogP contribution in [-0.2, 0) is 16.4 Å². The molecule has 0 saturated carbocycles. The van der Waals surface area contributed by atoms with Gasteiger partial charge in [0.25, 0.3) is 0 Å². The topological polar surface area (TPSA) is 12.5 Å². The van der Waals surface area contributed by atoms with Crippen LogP contribution in [0.25, 0.3) is 0 Å².